The first-order chi connectivity index (χ1) is 8.52. The highest BCUT2D eigenvalue weighted by Crippen LogP contribution is 2.30. The van der Waals surface area contributed by atoms with E-state index in [0.29, 0.717) is 0 Å². The van der Waals surface area contributed by atoms with Gasteiger partial charge in [0.2, 0.25) is 0 Å². The van der Waals surface area contributed by atoms with Crippen molar-refractivity contribution in [1.82, 2.24) is 9.78 Å². The van der Waals surface area contributed by atoms with Crippen molar-refractivity contribution in [2.45, 2.75) is 33.4 Å². The normalized spacial score (nSPS) is 12.7. The number of aryl methyl sites for hydroxylation is 2. The van der Waals surface area contributed by atoms with Gasteiger partial charge in [0.1, 0.15) is 5.82 Å². The quantitative estimate of drug-likeness (QED) is 0.906. The molecular weight excluding hydrogens is 229 g/mol. The minimum Gasteiger partial charge on any atom is -0.324 e. The first-order valence-electron chi connectivity index (χ1n) is 6.12. The van der Waals surface area contributed by atoms with E-state index in [2.05, 4.69) is 5.10 Å². The molecule has 96 valence electrons. The second-order valence-corrected chi connectivity index (χ2v) is 4.50. The first kappa shape index (κ1) is 12.8. The summed E-state index contributed by atoms with van der Waals surface area (Å²) in [6.07, 6.45) is 1.94. The maximum Gasteiger partial charge on any atom is 0.123 e. The monoisotopic (exact) mass is 247 g/mol. The van der Waals surface area contributed by atoms with E-state index in [1.165, 1.54) is 12.1 Å². The zero-order valence-electron chi connectivity index (χ0n) is 10.9. The summed E-state index contributed by atoms with van der Waals surface area (Å²) < 4.78 is 15.3. The van der Waals surface area contributed by atoms with Crippen molar-refractivity contribution in [3.8, 4) is 11.1 Å². The van der Waals surface area contributed by atoms with Gasteiger partial charge < -0.3 is 5.73 Å². The van der Waals surface area contributed by atoms with Gasteiger partial charge in [-0.15, -0.1) is 0 Å². The van der Waals surface area contributed by atoms with E-state index in [-0.39, 0.29) is 11.9 Å². The third-order valence-corrected chi connectivity index (χ3v) is 3.07. The molecule has 1 aromatic heterocycles. The molecule has 4 heteroatoms. The molecule has 2 N–H and O–H groups in total. The summed E-state index contributed by atoms with van der Waals surface area (Å²) in [6, 6.07) is 4.59. The number of halogens is 1. The van der Waals surface area contributed by atoms with Crippen molar-refractivity contribution in [1.29, 1.82) is 0 Å². The Kier molecular flexibility index (Phi) is 3.48. The predicted octanol–water partition coefficient (Wildman–Crippen LogP) is 3.04. The maximum absolute atomic E-state index is 13.4. The van der Waals surface area contributed by atoms with Gasteiger partial charge in [-0.3, -0.25) is 4.68 Å². The van der Waals surface area contributed by atoms with Gasteiger partial charge in [0, 0.05) is 24.3 Å². The minimum atomic E-state index is -0.252. The molecule has 0 bridgehead atoms. The van der Waals surface area contributed by atoms with Crippen LogP contribution in [-0.4, -0.2) is 9.78 Å². The highest BCUT2D eigenvalue weighted by Gasteiger charge is 2.14. The van der Waals surface area contributed by atoms with Crippen LogP contribution in [0.25, 0.3) is 11.1 Å². The van der Waals surface area contributed by atoms with E-state index in [1.807, 2.05) is 31.6 Å². The van der Waals surface area contributed by atoms with E-state index in [4.69, 9.17) is 5.73 Å². The number of hydrogen-bond donors (Lipinski definition) is 1. The SMILES string of the molecule is CCn1cc(-c2cc(F)ccc2C(C)N)c(C)n1. The summed E-state index contributed by atoms with van der Waals surface area (Å²) in [5, 5.41) is 4.39. The van der Waals surface area contributed by atoms with E-state index in [9.17, 15) is 4.39 Å². The lowest BCUT2D eigenvalue weighted by atomic mass is 9.96. The lowest BCUT2D eigenvalue weighted by Crippen LogP contribution is -2.07. The summed E-state index contributed by atoms with van der Waals surface area (Å²) in [5.41, 5.74) is 9.56. The fourth-order valence-corrected chi connectivity index (χ4v) is 2.10. The van der Waals surface area contributed by atoms with E-state index in [1.54, 1.807) is 6.07 Å². The molecule has 0 amide bonds. The Morgan fingerprint density at radius 1 is 1.39 bits per heavy atom. The van der Waals surface area contributed by atoms with Crippen LogP contribution < -0.4 is 5.73 Å². The van der Waals surface area contributed by atoms with Gasteiger partial charge in [0.25, 0.3) is 0 Å². The van der Waals surface area contributed by atoms with Gasteiger partial charge in [-0.1, -0.05) is 6.07 Å². The first-order valence-corrected chi connectivity index (χ1v) is 6.12. The third kappa shape index (κ3) is 2.29. The van der Waals surface area contributed by atoms with Crippen LogP contribution in [-0.2, 0) is 6.54 Å². The van der Waals surface area contributed by atoms with Gasteiger partial charge in [0.15, 0.2) is 0 Å². The number of benzene rings is 1. The smallest absolute Gasteiger partial charge is 0.123 e. The van der Waals surface area contributed by atoms with Crippen molar-refractivity contribution >= 4 is 0 Å². The molecule has 0 fully saturated rings. The molecule has 0 aliphatic rings. The Balaban J connectivity index is 2.61. The van der Waals surface area contributed by atoms with Gasteiger partial charge >= 0.3 is 0 Å². The molecule has 0 aliphatic carbocycles. The van der Waals surface area contributed by atoms with Crippen LogP contribution in [0.1, 0.15) is 31.1 Å². The lowest BCUT2D eigenvalue weighted by molar-refractivity contribution is 0.626. The fourth-order valence-electron chi connectivity index (χ4n) is 2.10. The van der Waals surface area contributed by atoms with Crippen LogP contribution in [0.3, 0.4) is 0 Å². The van der Waals surface area contributed by atoms with Crippen molar-refractivity contribution in [2.24, 2.45) is 5.73 Å². The highest BCUT2D eigenvalue weighted by molar-refractivity contribution is 5.69. The zero-order chi connectivity index (χ0) is 13.3. The molecule has 1 heterocycles. The van der Waals surface area contributed by atoms with Crippen molar-refractivity contribution in [2.75, 3.05) is 0 Å². The lowest BCUT2D eigenvalue weighted by Gasteiger charge is -2.12. The molecule has 0 aliphatic heterocycles. The second kappa shape index (κ2) is 4.90. The molecule has 2 aromatic rings. The Labute approximate surface area is 106 Å². The highest BCUT2D eigenvalue weighted by atomic mass is 19.1. The third-order valence-electron chi connectivity index (χ3n) is 3.07. The maximum atomic E-state index is 13.4. The molecule has 1 atom stereocenters. The van der Waals surface area contributed by atoms with E-state index >= 15 is 0 Å². The van der Waals surface area contributed by atoms with Gasteiger partial charge in [0.05, 0.1) is 5.69 Å². The molecule has 3 nitrogen and oxygen atoms in total. The zero-order valence-corrected chi connectivity index (χ0v) is 10.9. The Morgan fingerprint density at radius 3 is 2.67 bits per heavy atom. The second-order valence-electron chi connectivity index (χ2n) is 4.50. The molecular formula is C14H18FN3. The fraction of sp³-hybridized carbons (Fsp3) is 0.357. The Bertz CT molecular complexity index is 558. The van der Waals surface area contributed by atoms with Crippen LogP contribution in [0.15, 0.2) is 24.4 Å². The molecule has 0 saturated heterocycles. The van der Waals surface area contributed by atoms with Crippen LogP contribution in [0.5, 0.6) is 0 Å². The van der Waals surface area contributed by atoms with Gasteiger partial charge in [-0.2, -0.15) is 5.10 Å². The average Bonchev–Trinajstić information content (AvgIpc) is 2.70. The molecule has 0 spiro atoms. The molecule has 2 rings (SSSR count). The summed E-state index contributed by atoms with van der Waals surface area (Å²) >= 11 is 0. The van der Waals surface area contributed by atoms with Crippen molar-refractivity contribution in [3.63, 3.8) is 0 Å². The minimum absolute atomic E-state index is 0.134. The number of aromatic nitrogens is 2. The largest absolute Gasteiger partial charge is 0.324 e. The molecule has 0 radical (unpaired) electrons. The van der Waals surface area contributed by atoms with Crippen molar-refractivity contribution < 1.29 is 4.39 Å². The van der Waals surface area contributed by atoms with E-state index < -0.39 is 0 Å². The number of nitrogens with two attached hydrogens (primary N) is 1. The summed E-state index contributed by atoms with van der Waals surface area (Å²) in [4.78, 5) is 0. The Hall–Kier alpha value is -1.68. The molecule has 18 heavy (non-hydrogen) atoms. The Morgan fingerprint density at radius 2 is 2.11 bits per heavy atom. The number of hydrogen-bond acceptors (Lipinski definition) is 2. The van der Waals surface area contributed by atoms with Crippen LogP contribution in [0, 0.1) is 12.7 Å². The van der Waals surface area contributed by atoms with Gasteiger partial charge in [-0.25, -0.2) is 4.39 Å². The number of rotatable bonds is 3. The average molecular weight is 247 g/mol. The van der Waals surface area contributed by atoms with Crippen molar-refractivity contribution in [3.05, 3.63) is 41.5 Å². The van der Waals surface area contributed by atoms with Gasteiger partial charge in [-0.05, 0) is 44.0 Å². The molecule has 1 aromatic carbocycles. The van der Waals surface area contributed by atoms with Crippen LogP contribution in [0.4, 0.5) is 4.39 Å². The standard InChI is InChI=1S/C14H18FN3/c1-4-18-8-14(10(3)17-18)13-7-11(15)5-6-12(13)9(2)16/h5-9H,4,16H2,1-3H3. The summed E-state index contributed by atoms with van der Waals surface area (Å²) in [5.74, 6) is -0.252. The molecule has 0 saturated carbocycles. The van der Waals surface area contributed by atoms with E-state index in [0.717, 1.165) is 28.9 Å². The molecule has 1 unspecified atom stereocenters. The topological polar surface area (TPSA) is 43.8 Å². The van der Waals surface area contributed by atoms with Crippen LogP contribution in [0.2, 0.25) is 0 Å². The predicted molar refractivity (Wildman–Crippen MR) is 70.6 cm³/mol. The van der Waals surface area contributed by atoms with Crippen LogP contribution >= 0.6 is 0 Å². The summed E-state index contributed by atoms with van der Waals surface area (Å²) in [7, 11) is 0. The summed E-state index contributed by atoms with van der Waals surface area (Å²) in [6.45, 7) is 6.64. The number of nitrogens with zero attached hydrogens (tertiary/aromatic N) is 2.